The molecule has 0 aliphatic heterocycles. The van der Waals surface area contributed by atoms with E-state index in [1.807, 2.05) is 6.07 Å². The Morgan fingerprint density at radius 3 is 2.19 bits per heavy atom. The van der Waals surface area contributed by atoms with Gasteiger partial charge in [-0.15, -0.1) is 0 Å². The summed E-state index contributed by atoms with van der Waals surface area (Å²) in [6.45, 7) is 18.6. The van der Waals surface area contributed by atoms with Crippen LogP contribution >= 0.6 is 0 Å². The lowest BCUT2D eigenvalue weighted by Gasteiger charge is -2.72. The summed E-state index contributed by atoms with van der Waals surface area (Å²) in [5.74, 6) is 1.19. The van der Waals surface area contributed by atoms with Gasteiger partial charge in [0.05, 0.1) is 16.4 Å². The molecule has 1 aromatic carbocycles. The van der Waals surface area contributed by atoms with E-state index in [2.05, 4.69) is 48.1 Å². The molecule has 10 atom stereocenters. The monoisotopic (exact) mass is 596 g/mol. The number of hydrogen-bond acceptors (Lipinski definition) is 4. The summed E-state index contributed by atoms with van der Waals surface area (Å²) in [5, 5.41) is 10.6. The van der Waals surface area contributed by atoms with Crippen molar-refractivity contribution in [1.82, 2.24) is 0 Å². The van der Waals surface area contributed by atoms with Gasteiger partial charge in [-0.3, -0.25) is 8.98 Å². The molecule has 1 aromatic rings. The van der Waals surface area contributed by atoms with Crippen LogP contribution in [-0.2, 0) is 19.1 Å². The smallest absolute Gasteiger partial charge is 0.309 e. The molecular weight excluding hydrogens is 544 g/mol. The molecule has 0 spiro atoms. The van der Waals surface area contributed by atoms with Gasteiger partial charge in [-0.25, -0.2) is 0 Å². The Bertz CT molecular complexity index is 1370. The molecule has 0 amide bonds. The van der Waals surface area contributed by atoms with Gasteiger partial charge in [-0.1, -0.05) is 65.0 Å². The van der Waals surface area contributed by atoms with Crippen molar-refractivity contribution in [2.45, 2.75) is 117 Å². The molecule has 5 saturated carbocycles. The number of rotatable bonds is 5. The van der Waals surface area contributed by atoms with E-state index in [-0.39, 0.29) is 38.6 Å². The predicted molar refractivity (Wildman–Crippen MR) is 165 cm³/mol. The molecule has 1 N–H and O–H groups in total. The van der Waals surface area contributed by atoms with Gasteiger partial charge < -0.3 is 5.11 Å². The first-order valence-corrected chi connectivity index (χ1v) is 17.8. The number of fused-ring (bicyclic) bond motifs is 7. The van der Waals surface area contributed by atoms with Gasteiger partial charge in [0, 0.05) is 0 Å². The average Bonchev–Trinajstić information content (AvgIpc) is 3.33. The Morgan fingerprint density at radius 1 is 0.857 bits per heavy atom. The number of carbonyl (C=O) groups is 1. The largest absolute Gasteiger partial charge is 0.481 e. The summed E-state index contributed by atoms with van der Waals surface area (Å²) in [5.41, 5.74) is 0.579. The first-order chi connectivity index (χ1) is 19.5. The fourth-order valence-corrected chi connectivity index (χ4v) is 13.7. The number of carboxylic acid groups (broad SMARTS) is 1. The summed E-state index contributed by atoms with van der Waals surface area (Å²) < 4.78 is 32.6. The molecule has 5 unspecified atom stereocenters. The van der Waals surface area contributed by atoms with Crippen LogP contribution in [0, 0.1) is 56.7 Å². The second-order valence-electron chi connectivity index (χ2n) is 16.4. The van der Waals surface area contributed by atoms with E-state index in [0.29, 0.717) is 23.7 Å². The van der Waals surface area contributed by atoms with Crippen molar-refractivity contribution < 1.29 is 22.5 Å². The van der Waals surface area contributed by atoms with Crippen LogP contribution in [0.25, 0.3) is 0 Å². The van der Waals surface area contributed by atoms with E-state index in [1.54, 1.807) is 24.3 Å². The highest BCUT2D eigenvalue weighted by molar-refractivity contribution is 7.86. The second kappa shape index (κ2) is 9.67. The zero-order chi connectivity index (χ0) is 30.5. The second-order valence-corrected chi connectivity index (χ2v) is 17.9. The molecule has 42 heavy (non-hydrogen) atoms. The third-order valence-corrected chi connectivity index (χ3v) is 16.0. The van der Waals surface area contributed by atoms with Gasteiger partial charge in [0.25, 0.3) is 10.1 Å². The molecule has 6 heteroatoms. The van der Waals surface area contributed by atoms with E-state index in [0.717, 1.165) is 64.2 Å². The molecule has 0 saturated heterocycles. The molecule has 5 aliphatic carbocycles. The van der Waals surface area contributed by atoms with Crippen LogP contribution in [0.1, 0.15) is 106 Å². The predicted octanol–water partition coefficient (Wildman–Crippen LogP) is 8.50. The summed E-state index contributed by atoms with van der Waals surface area (Å²) in [6.07, 6.45) is 9.26. The highest BCUT2D eigenvalue weighted by atomic mass is 32.2. The van der Waals surface area contributed by atoms with E-state index in [4.69, 9.17) is 4.18 Å². The Balaban J connectivity index is 1.31. The molecule has 6 rings (SSSR count). The fraction of sp³-hybridized carbons (Fsp3) is 0.750. The van der Waals surface area contributed by atoms with Crippen molar-refractivity contribution in [3.05, 3.63) is 42.5 Å². The summed E-state index contributed by atoms with van der Waals surface area (Å²) in [6, 6.07) is 8.55. The number of carboxylic acids is 1. The highest BCUT2D eigenvalue weighted by Gasteiger charge is 2.72. The first-order valence-electron chi connectivity index (χ1n) is 16.4. The minimum atomic E-state index is -3.84. The molecule has 5 nitrogen and oxygen atoms in total. The molecule has 232 valence electrons. The number of hydrogen-bond donors (Lipinski definition) is 1. The van der Waals surface area contributed by atoms with Crippen molar-refractivity contribution in [1.29, 1.82) is 0 Å². The summed E-state index contributed by atoms with van der Waals surface area (Å²) in [7, 11) is -3.84. The van der Waals surface area contributed by atoms with Crippen molar-refractivity contribution in [3.8, 4) is 0 Å². The van der Waals surface area contributed by atoms with Crippen LogP contribution in [0.5, 0.6) is 0 Å². The van der Waals surface area contributed by atoms with Gasteiger partial charge in [-0.05, 0) is 135 Å². The summed E-state index contributed by atoms with van der Waals surface area (Å²) in [4.78, 5) is 13.1. The molecule has 5 fully saturated rings. The normalized spacial score (nSPS) is 46.0. The van der Waals surface area contributed by atoms with E-state index in [9.17, 15) is 18.3 Å². The van der Waals surface area contributed by atoms with E-state index >= 15 is 0 Å². The lowest BCUT2D eigenvalue weighted by atomic mass is 9.32. The number of allylic oxidation sites excluding steroid dienone is 1. The standard InChI is InChI=1S/C36H52O5S/c1-23(2)25-15-20-36(31(37)38)22-21-34(6)26(30(25)36)13-14-28-33(5)18-17-29(32(3,4)27(33)16-19-35(28,34)7)41-42(39,40)24-11-9-8-10-12-24/h8-12,25-30H,1,13-22H2,2-7H3,(H,37,38)/t25-,26?,27?,28?,29?,30?,33-,34+,35+,36+/m0/s1. The minimum absolute atomic E-state index is 0.0830. The SMILES string of the molecule is C=C(C)[C@@H]1CC[C@@]2(C(=O)O)CC[C@]3(C)C(CCC4[C@@]5(C)CCC(OS(=O)(=O)c6ccccc6)C(C)(C)C5CC[C@]43C)C12. The van der Waals surface area contributed by atoms with Crippen LogP contribution < -0.4 is 0 Å². The molecule has 5 aliphatic rings. The topological polar surface area (TPSA) is 80.7 Å². The maximum atomic E-state index is 13.3. The van der Waals surface area contributed by atoms with Gasteiger partial charge in [0.1, 0.15) is 0 Å². The maximum absolute atomic E-state index is 13.3. The molecular formula is C36H52O5S. The molecule has 0 heterocycles. The molecule has 0 aromatic heterocycles. The number of benzene rings is 1. The Hall–Kier alpha value is -1.66. The molecule has 0 bridgehead atoms. The number of aliphatic carboxylic acids is 1. The third kappa shape index (κ3) is 3.95. The van der Waals surface area contributed by atoms with Crippen molar-refractivity contribution in [3.63, 3.8) is 0 Å². The summed E-state index contributed by atoms with van der Waals surface area (Å²) >= 11 is 0. The zero-order valence-electron chi connectivity index (χ0n) is 26.6. The van der Waals surface area contributed by atoms with Crippen LogP contribution in [-0.4, -0.2) is 25.6 Å². The van der Waals surface area contributed by atoms with Gasteiger partial charge in [0.2, 0.25) is 0 Å². The van der Waals surface area contributed by atoms with Crippen molar-refractivity contribution >= 4 is 16.1 Å². The van der Waals surface area contributed by atoms with E-state index in [1.165, 1.54) is 5.57 Å². The van der Waals surface area contributed by atoms with Crippen molar-refractivity contribution in [2.75, 3.05) is 0 Å². The lowest BCUT2D eigenvalue weighted by molar-refractivity contribution is -0.246. The van der Waals surface area contributed by atoms with Crippen LogP contribution in [0.4, 0.5) is 0 Å². The molecule has 0 radical (unpaired) electrons. The zero-order valence-corrected chi connectivity index (χ0v) is 27.4. The highest BCUT2D eigenvalue weighted by Crippen LogP contribution is 2.77. The maximum Gasteiger partial charge on any atom is 0.309 e. The lowest BCUT2D eigenvalue weighted by Crippen LogP contribution is -2.67. The van der Waals surface area contributed by atoms with Gasteiger partial charge >= 0.3 is 5.97 Å². The van der Waals surface area contributed by atoms with Crippen LogP contribution in [0.15, 0.2) is 47.4 Å². The minimum Gasteiger partial charge on any atom is -0.481 e. The van der Waals surface area contributed by atoms with Gasteiger partial charge in [-0.2, -0.15) is 8.42 Å². The first kappa shape index (κ1) is 30.4. The van der Waals surface area contributed by atoms with Crippen LogP contribution in [0.3, 0.4) is 0 Å². The average molecular weight is 597 g/mol. The van der Waals surface area contributed by atoms with Crippen molar-refractivity contribution in [2.24, 2.45) is 56.7 Å². The van der Waals surface area contributed by atoms with Gasteiger partial charge in [0.15, 0.2) is 0 Å². The van der Waals surface area contributed by atoms with Crippen LogP contribution in [0.2, 0.25) is 0 Å². The Morgan fingerprint density at radius 2 is 1.55 bits per heavy atom. The third-order valence-electron chi connectivity index (χ3n) is 14.7. The quantitative estimate of drug-likeness (QED) is 0.272. The Labute approximate surface area is 254 Å². The fourth-order valence-electron chi connectivity index (χ4n) is 12.5. The Kier molecular flexibility index (Phi) is 6.99. The van der Waals surface area contributed by atoms with E-state index < -0.39 is 21.5 Å².